The Balaban J connectivity index is 1.86. The summed E-state index contributed by atoms with van der Waals surface area (Å²) in [5.41, 5.74) is 1.40. The molecule has 0 atom stereocenters. The highest BCUT2D eigenvalue weighted by molar-refractivity contribution is 14.1. The average molecular weight is 422 g/mol. The van der Waals surface area contributed by atoms with E-state index in [0.29, 0.717) is 15.6 Å². The predicted octanol–water partition coefficient (Wildman–Crippen LogP) is 3.89. The molecule has 4 nitrogen and oxygen atoms in total. The maximum atomic E-state index is 12.0. The molecule has 0 bridgehead atoms. The van der Waals surface area contributed by atoms with Crippen LogP contribution in [-0.4, -0.2) is 16.2 Å². The van der Waals surface area contributed by atoms with E-state index in [1.165, 1.54) is 11.8 Å². The summed E-state index contributed by atoms with van der Waals surface area (Å²) in [5.74, 6) is -0.0657. The molecule has 0 aliphatic carbocycles. The summed E-state index contributed by atoms with van der Waals surface area (Å²) in [4.78, 5) is 16.9. The molecule has 110 valence electrons. The number of nitrogens with one attached hydrogen (secondary N) is 1. The van der Waals surface area contributed by atoms with E-state index in [0.717, 1.165) is 9.26 Å². The Labute approximate surface area is 145 Å². The average Bonchev–Trinajstić information content (AvgIpc) is 2.81. The Bertz CT molecular complexity index is 802. The van der Waals surface area contributed by atoms with Crippen molar-refractivity contribution in [3.63, 3.8) is 0 Å². The Hall–Kier alpha value is -1.80. The smallest absolute Gasteiger partial charge is 0.264 e. The van der Waals surface area contributed by atoms with Crippen molar-refractivity contribution in [1.29, 1.82) is 0 Å². The normalized spacial score (nSPS) is 18.0. The second-order valence-corrected chi connectivity index (χ2v) is 6.80. The summed E-state index contributed by atoms with van der Waals surface area (Å²) in [7, 11) is 0. The number of thioether (sulfide) groups is 1. The first-order valence-corrected chi connectivity index (χ1v) is 8.34. The maximum Gasteiger partial charge on any atom is 0.264 e. The maximum absolute atomic E-state index is 12.0. The van der Waals surface area contributed by atoms with Gasteiger partial charge in [-0.15, -0.1) is 0 Å². The zero-order valence-electron chi connectivity index (χ0n) is 11.3. The minimum atomic E-state index is -0.211. The van der Waals surface area contributed by atoms with E-state index in [9.17, 15) is 9.90 Å². The van der Waals surface area contributed by atoms with Crippen molar-refractivity contribution >= 4 is 57.2 Å². The van der Waals surface area contributed by atoms with E-state index in [2.05, 4.69) is 32.9 Å². The molecule has 1 saturated heterocycles. The zero-order chi connectivity index (χ0) is 15.5. The minimum absolute atomic E-state index is 0.145. The number of aliphatic imine (C=N–C) groups is 1. The molecule has 0 aromatic heterocycles. The number of phenolic OH excluding ortho intramolecular Hbond substituents is 1. The number of rotatable bonds is 2. The van der Waals surface area contributed by atoms with Gasteiger partial charge >= 0.3 is 0 Å². The third-order valence-corrected chi connectivity index (χ3v) is 4.49. The van der Waals surface area contributed by atoms with Gasteiger partial charge in [0.15, 0.2) is 5.17 Å². The second-order valence-electron chi connectivity index (χ2n) is 4.52. The van der Waals surface area contributed by atoms with Crippen LogP contribution in [0.1, 0.15) is 5.56 Å². The number of carbonyl (C=O) groups is 1. The van der Waals surface area contributed by atoms with Crippen LogP contribution in [0.5, 0.6) is 5.75 Å². The van der Waals surface area contributed by atoms with Crippen molar-refractivity contribution in [1.82, 2.24) is 5.32 Å². The fourth-order valence-electron chi connectivity index (χ4n) is 1.89. The molecule has 22 heavy (non-hydrogen) atoms. The fraction of sp³-hybridized carbons (Fsp3) is 0. The zero-order valence-corrected chi connectivity index (χ0v) is 14.3. The van der Waals surface area contributed by atoms with Crippen LogP contribution < -0.4 is 5.32 Å². The van der Waals surface area contributed by atoms with Gasteiger partial charge in [-0.05, 0) is 64.7 Å². The first-order valence-electron chi connectivity index (χ1n) is 6.45. The molecule has 0 saturated carbocycles. The first-order chi connectivity index (χ1) is 10.6. The van der Waals surface area contributed by atoms with Gasteiger partial charge in [-0.25, -0.2) is 4.99 Å². The highest BCUT2D eigenvalue weighted by Gasteiger charge is 2.24. The summed E-state index contributed by atoms with van der Waals surface area (Å²) in [6, 6.07) is 14.6. The number of carbonyl (C=O) groups excluding carboxylic acids is 1. The molecule has 0 spiro atoms. The van der Waals surface area contributed by atoms with Gasteiger partial charge in [-0.3, -0.25) is 4.79 Å². The largest absolute Gasteiger partial charge is 0.507 e. The van der Waals surface area contributed by atoms with Gasteiger partial charge in [0, 0.05) is 9.13 Å². The Morgan fingerprint density at radius 1 is 1.18 bits per heavy atom. The van der Waals surface area contributed by atoms with Gasteiger partial charge in [-0.2, -0.15) is 0 Å². The number of amidine groups is 1. The van der Waals surface area contributed by atoms with Gasteiger partial charge in [-0.1, -0.05) is 24.3 Å². The lowest BCUT2D eigenvalue weighted by Gasteiger charge is -1.98. The van der Waals surface area contributed by atoms with Crippen molar-refractivity contribution in [2.45, 2.75) is 0 Å². The van der Waals surface area contributed by atoms with Crippen LogP contribution in [-0.2, 0) is 4.79 Å². The van der Waals surface area contributed by atoms with E-state index in [1.54, 1.807) is 24.3 Å². The van der Waals surface area contributed by atoms with Gasteiger partial charge in [0.1, 0.15) is 5.75 Å². The lowest BCUT2D eigenvalue weighted by Crippen LogP contribution is -2.19. The molecule has 1 heterocycles. The number of aromatic hydroxyl groups is 1. The summed E-state index contributed by atoms with van der Waals surface area (Å²) in [6.07, 6.45) is 1.66. The number of phenols is 1. The molecule has 2 N–H and O–H groups in total. The molecule has 1 fully saturated rings. The number of para-hydroxylation sites is 1. The molecular weight excluding hydrogens is 411 g/mol. The van der Waals surface area contributed by atoms with Crippen LogP contribution in [0.2, 0.25) is 0 Å². The Morgan fingerprint density at radius 3 is 2.77 bits per heavy atom. The van der Waals surface area contributed by atoms with E-state index >= 15 is 0 Å². The molecular formula is C16H11IN2O2S. The number of halogens is 1. The van der Waals surface area contributed by atoms with E-state index < -0.39 is 0 Å². The standard InChI is InChI=1S/C16H11IN2O2S/c17-11-5-3-6-12(9-11)18-16-19-15(21)14(22-16)8-10-4-1-2-7-13(10)20/h1-9,20H,(H,18,19,21)/b14-8+. The number of amides is 1. The topological polar surface area (TPSA) is 61.7 Å². The molecule has 1 aliphatic rings. The molecule has 2 aromatic carbocycles. The van der Waals surface area contributed by atoms with Crippen molar-refractivity contribution in [2.75, 3.05) is 0 Å². The molecule has 6 heteroatoms. The Morgan fingerprint density at radius 2 is 2.00 bits per heavy atom. The second kappa shape index (κ2) is 6.53. The third kappa shape index (κ3) is 3.50. The van der Waals surface area contributed by atoms with Crippen LogP contribution in [0, 0.1) is 3.57 Å². The molecule has 3 rings (SSSR count). The Kier molecular flexibility index (Phi) is 4.49. The highest BCUT2D eigenvalue weighted by Crippen LogP contribution is 2.30. The molecule has 1 amide bonds. The monoisotopic (exact) mass is 422 g/mol. The number of hydrogen-bond donors (Lipinski definition) is 2. The van der Waals surface area contributed by atoms with Crippen molar-refractivity contribution in [3.05, 3.63) is 62.6 Å². The lowest BCUT2D eigenvalue weighted by atomic mass is 10.2. The fourth-order valence-corrected chi connectivity index (χ4v) is 3.25. The summed E-state index contributed by atoms with van der Waals surface area (Å²) >= 11 is 3.48. The van der Waals surface area contributed by atoms with E-state index in [1.807, 2.05) is 30.3 Å². The number of nitrogens with zero attached hydrogens (tertiary/aromatic N) is 1. The number of hydrogen-bond acceptors (Lipinski definition) is 4. The van der Waals surface area contributed by atoms with Crippen LogP contribution in [0.3, 0.4) is 0 Å². The minimum Gasteiger partial charge on any atom is -0.507 e. The predicted molar refractivity (Wildman–Crippen MR) is 98.1 cm³/mol. The lowest BCUT2D eigenvalue weighted by molar-refractivity contribution is -0.115. The van der Waals surface area contributed by atoms with Crippen molar-refractivity contribution < 1.29 is 9.90 Å². The summed E-state index contributed by atoms with van der Waals surface area (Å²) in [5, 5.41) is 13.0. The molecule has 2 aromatic rings. The molecule has 0 radical (unpaired) electrons. The van der Waals surface area contributed by atoms with Gasteiger partial charge in [0.05, 0.1) is 10.6 Å². The van der Waals surface area contributed by atoms with Crippen molar-refractivity contribution in [2.24, 2.45) is 4.99 Å². The quantitative estimate of drug-likeness (QED) is 0.571. The third-order valence-electron chi connectivity index (χ3n) is 2.91. The number of benzene rings is 2. The van der Waals surface area contributed by atoms with Crippen LogP contribution in [0.25, 0.3) is 6.08 Å². The molecule has 0 unspecified atom stereocenters. The van der Waals surface area contributed by atoms with Gasteiger partial charge < -0.3 is 10.4 Å². The molecule has 1 aliphatic heterocycles. The first kappa shape index (κ1) is 15.1. The van der Waals surface area contributed by atoms with Gasteiger partial charge in [0.2, 0.25) is 0 Å². The highest BCUT2D eigenvalue weighted by atomic mass is 127. The van der Waals surface area contributed by atoms with Crippen LogP contribution in [0.15, 0.2) is 58.4 Å². The van der Waals surface area contributed by atoms with E-state index in [4.69, 9.17) is 0 Å². The van der Waals surface area contributed by atoms with Gasteiger partial charge in [0.25, 0.3) is 5.91 Å². The summed E-state index contributed by atoms with van der Waals surface area (Å²) < 4.78 is 1.08. The van der Waals surface area contributed by atoms with Crippen LogP contribution in [0.4, 0.5) is 5.69 Å². The SMILES string of the molecule is O=C1NC(=Nc2cccc(I)c2)S/C1=C/c1ccccc1O. The van der Waals surface area contributed by atoms with Crippen molar-refractivity contribution in [3.8, 4) is 5.75 Å². The van der Waals surface area contributed by atoms with Crippen LogP contribution >= 0.6 is 34.4 Å². The van der Waals surface area contributed by atoms with E-state index in [-0.39, 0.29) is 11.7 Å². The summed E-state index contributed by atoms with van der Waals surface area (Å²) in [6.45, 7) is 0.